The average Bonchev–Trinajstić information content (AvgIpc) is 2.69. The van der Waals surface area contributed by atoms with Crippen LogP contribution in [0.4, 0.5) is 10.5 Å². The smallest absolute Gasteiger partial charge is 0.408 e. The lowest BCUT2D eigenvalue weighted by Crippen LogP contribution is -2.43. The van der Waals surface area contributed by atoms with Crippen molar-refractivity contribution in [2.45, 2.75) is 45.3 Å². The fourth-order valence-corrected chi connectivity index (χ4v) is 2.69. The molecule has 0 saturated heterocycles. The quantitative estimate of drug-likeness (QED) is 0.386. The van der Waals surface area contributed by atoms with Crippen molar-refractivity contribution >= 4 is 23.6 Å². The third-order valence-corrected chi connectivity index (χ3v) is 4.14. The van der Waals surface area contributed by atoms with Gasteiger partial charge < -0.3 is 10.1 Å². The zero-order valence-corrected chi connectivity index (χ0v) is 17.3. The lowest BCUT2D eigenvalue weighted by Gasteiger charge is -2.22. The summed E-state index contributed by atoms with van der Waals surface area (Å²) >= 11 is 0. The Bertz CT molecular complexity index is 899. The highest BCUT2D eigenvalue weighted by Gasteiger charge is 2.23. The van der Waals surface area contributed by atoms with Crippen molar-refractivity contribution in [2.24, 2.45) is 0 Å². The van der Waals surface area contributed by atoms with E-state index in [1.54, 1.807) is 39.0 Å². The number of carbonyl (C=O) groups is 2. The first-order valence-corrected chi connectivity index (χ1v) is 9.64. The molecular formula is C23H26N2O5. The van der Waals surface area contributed by atoms with Crippen LogP contribution in [0.15, 0.2) is 60.7 Å². The molecule has 0 aliphatic rings. The van der Waals surface area contributed by atoms with Crippen molar-refractivity contribution in [3.63, 3.8) is 0 Å². The first-order valence-electron chi connectivity index (χ1n) is 9.64. The minimum atomic E-state index is -0.755. The zero-order chi connectivity index (χ0) is 22.1. The summed E-state index contributed by atoms with van der Waals surface area (Å²) in [4.78, 5) is 35.2. The van der Waals surface area contributed by atoms with Crippen molar-refractivity contribution in [3.8, 4) is 0 Å². The maximum Gasteiger partial charge on any atom is 0.408 e. The molecule has 1 atom stereocenters. The number of rotatable bonds is 8. The van der Waals surface area contributed by atoms with Gasteiger partial charge in [0.05, 0.1) is 11.0 Å². The van der Waals surface area contributed by atoms with Gasteiger partial charge in [0.1, 0.15) is 5.60 Å². The molecule has 0 aliphatic heterocycles. The van der Waals surface area contributed by atoms with Crippen molar-refractivity contribution in [1.29, 1.82) is 0 Å². The second kappa shape index (κ2) is 10.3. The zero-order valence-electron chi connectivity index (χ0n) is 17.3. The van der Waals surface area contributed by atoms with E-state index in [1.165, 1.54) is 18.2 Å². The molecule has 7 nitrogen and oxygen atoms in total. The van der Waals surface area contributed by atoms with Crippen LogP contribution in [-0.4, -0.2) is 28.4 Å². The van der Waals surface area contributed by atoms with Crippen LogP contribution in [0, 0.1) is 10.1 Å². The second-order valence-corrected chi connectivity index (χ2v) is 7.81. The van der Waals surface area contributed by atoms with Crippen molar-refractivity contribution < 1.29 is 19.2 Å². The Balaban J connectivity index is 2.09. The number of non-ortho nitro benzene ring substituents is 1. The molecule has 0 bridgehead atoms. The number of hydrogen-bond acceptors (Lipinski definition) is 5. The van der Waals surface area contributed by atoms with Crippen LogP contribution >= 0.6 is 0 Å². The average molecular weight is 410 g/mol. The van der Waals surface area contributed by atoms with Crippen LogP contribution in [0.1, 0.15) is 38.3 Å². The largest absolute Gasteiger partial charge is 0.444 e. The SMILES string of the molecule is CC(C)(C)OC(=O)N[C@@H](CCc1ccccc1)C(=O)C=Cc1ccc([N+](=O)[O-])cc1. The lowest BCUT2D eigenvalue weighted by molar-refractivity contribution is -0.384. The maximum atomic E-state index is 12.7. The summed E-state index contributed by atoms with van der Waals surface area (Å²) in [6, 6.07) is 14.8. The van der Waals surface area contributed by atoms with Gasteiger partial charge in [-0.05, 0) is 62.9 Å². The number of benzene rings is 2. The summed E-state index contributed by atoms with van der Waals surface area (Å²) < 4.78 is 5.28. The van der Waals surface area contributed by atoms with Crippen molar-refractivity contribution in [3.05, 3.63) is 81.9 Å². The van der Waals surface area contributed by atoms with Crippen LogP contribution in [0.2, 0.25) is 0 Å². The Hall–Kier alpha value is -3.48. The van der Waals surface area contributed by atoms with Gasteiger partial charge in [0.2, 0.25) is 0 Å². The van der Waals surface area contributed by atoms with E-state index in [4.69, 9.17) is 4.74 Å². The van der Waals surface area contributed by atoms with Crippen LogP contribution in [0.5, 0.6) is 0 Å². The summed E-state index contributed by atoms with van der Waals surface area (Å²) in [7, 11) is 0. The van der Waals surface area contributed by atoms with E-state index in [0.29, 0.717) is 18.4 Å². The van der Waals surface area contributed by atoms with Crippen molar-refractivity contribution in [1.82, 2.24) is 5.32 Å². The molecule has 0 fully saturated rings. The molecule has 0 aliphatic carbocycles. The third kappa shape index (κ3) is 7.87. The van der Waals surface area contributed by atoms with Gasteiger partial charge in [-0.1, -0.05) is 36.4 Å². The normalized spacial score (nSPS) is 12.4. The van der Waals surface area contributed by atoms with E-state index < -0.39 is 22.7 Å². The first-order chi connectivity index (χ1) is 14.1. The molecule has 2 aromatic rings. The molecule has 30 heavy (non-hydrogen) atoms. The van der Waals surface area contributed by atoms with Gasteiger partial charge in [-0.25, -0.2) is 4.79 Å². The molecule has 0 radical (unpaired) electrons. The number of nitrogens with zero attached hydrogens (tertiary/aromatic N) is 1. The van der Waals surface area contributed by atoms with E-state index in [0.717, 1.165) is 5.56 Å². The second-order valence-electron chi connectivity index (χ2n) is 7.81. The van der Waals surface area contributed by atoms with E-state index >= 15 is 0 Å². The molecule has 1 amide bonds. The third-order valence-electron chi connectivity index (χ3n) is 4.14. The number of aryl methyl sites for hydroxylation is 1. The molecule has 0 unspecified atom stereocenters. The Morgan fingerprint density at radius 1 is 1.10 bits per heavy atom. The molecule has 2 rings (SSSR count). The van der Waals surface area contributed by atoms with Crippen molar-refractivity contribution in [2.75, 3.05) is 0 Å². The van der Waals surface area contributed by atoms with Gasteiger partial charge >= 0.3 is 6.09 Å². The molecule has 1 N–H and O–H groups in total. The minimum Gasteiger partial charge on any atom is -0.444 e. The van der Waals surface area contributed by atoms with E-state index in [-0.39, 0.29) is 11.5 Å². The highest BCUT2D eigenvalue weighted by atomic mass is 16.6. The molecule has 0 spiro atoms. The van der Waals surface area contributed by atoms with Crippen LogP contribution < -0.4 is 5.32 Å². The predicted octanol–water partition coefficient (Wildman–Crippen LogP) is 4.70. The number of hydrogen-bond donors (Lipinski definition) is 1. The van der Waals surface area contributed by atoms with Crippen LogP contribution in [0.3, 0.4) is 0 Å². The number of alkyl carbamates (subject to hydrolysis) is 1. The molecule has 0 saturated carbocycles. The Labute approximate surface area is 175 Å². The van der Waals surface area contributed by atoms with Gasteiger partial charge in [-0.2, -0.15) is 0 Å². The Morgan fingerprint density at radius 3 is 2.30 bits per heavy atom. The van der Waals surface area contributed by atoms with Crippen LogP contribution in [-0.2, 0) is 16.0 Å². The van der Waals surface area contributed by atoms with Gasteiger partial charge in [0.15, 0.2) is 5.78 Å². The molecule has 7 heteroatoms. The number of ether oxygens (including phenoxy) is 1. The summed E-state index contributed by atoms with van der Waals surface area (Å²) in [6.07, 6.45) is 3.30. The standard InChI is InChI=1S/C23H26N2O5/c1-23(2,3)30-22(27)24-20(15-11-17-7-5-4-6-8-17)21(26)16-12-18-9-13-19(14-10-18)25(28)29/h4-10,12-14,16,20H,11,15H2,1-3H3,(H,24,27)/t20-/m0/s1. The summed E-state index contributed by atoms with van der Waals surface area (Å²) in [6.45, 7) is 5.26. The molecule has 0 heterocycles. The fraction of sp³-hybridized carbons (Fsp3) is 0.304. The fourth-order valence-electron chi connectivity index (χ4n) is 2.69. The number of nitro groups is 1. The summed E-state index contributed by atoms with van der Waals surface area (Å²) in [5.41, 5.74) is 1.01. The highest BCUT2D eigenvalue weighted by molar-refractivity contribution is 5.99. The number of amides is 1. The molecule has 2 aromatic carbocycles. The van der Waals surface area contributed by atoms with Gasteiger partial charge in [-0.3, -0.25) is 14.9 Å². The number of nitro benzene ring substituents is 1. The summed E-state index contributed by atoms with van der Waals surface area (Å²) in [5, 5.41) is 13.4. The minimum absolute atomic E-state index is 0.0224. The topological polar surface area (TPSA) is 98.5 Å². The van der Waals surface area contributed by atoms with Crippen LogP contribution in [0.25, 0.3) is 6.08 Å². The van der Waals surface area contributed by atoms with E-state index in [2.05, 4.69) is 5.32 Å². The first kappa shape index (κ1) is 22.8. The van der Waals surface area contributed by atoms with E-state index in [1.807, 2.05) is 30.3 Å². The Kier molecular flexibility index (Phi) is 7.86. The van der Waals surface area contributed by atoms with Gasteiger partial charge in [0.25, 0.3) is 5.69 Å². The molecule has 0 aromatic heterocycles. The maximum absolute atomic E-state index is 12.7. The van der Waals surface area contributed by atoms with Gasteiger partial charge in [0, 0.05) is 12.1 Å². The number of ketones is 1. The predicted molar refractivity (Wildman–Crippen MR) is 115 cm³/mol. The number of nitrogens with one attached hydrogen (secondary N) is 1. The summed E-state index contributed by atoms with van der Waals surface area (Å²) in [5.74, 6) is -0.282. The molecule has 158 valence electrons. The molecular weight excluding hydrogens is 384 g/mol. The van der Waals surface area contributed by atoms with E-state index in [9.17, 15) is 19.7 Å². The van der Waals surface area contributed by atoms with Gasteiger partial charge in [-0.15, -0.1) is 0 Å². The lowest BCUT2D eigenvalue weighted by atomic mass is 10.0. The Morgan fingerprint density at radius 2 is 1.73 bits per heavy atom. The number of carbonyl (C=O) groups excluding carboxylic acids is 2. The monoisotopic (exact) mass is 410 g/mol. The highest BCUT2D eigenvalue weighted by Crippen LogP contribution is 2.14.